The lowest BCUT2D eigenvalue weighted by Gasteiger charge is -2.32. The van der Waals surface area contributed by atoms with Gasteiger partial charge in [-0.3, -0.25) is 9.59 Å². The largest absolute Gasteiger partial charge is 0.480 e. The van der Waals surface area contributed by atoms with Gasteiger partial charge in [-0.1, -0.05) is 55.0 Å². The van der Waals surface area contributed by atoms with E-state index in [0.29, 0.717) is 19.4 Å². The Hall–Kier alpha value is -3.35. The number of carboxylic acid groups (broad SMARTS) is 1. The van der Waals surface area contributed by atoms with Crippen molar-refractivity contribution in [2.24, 2.45) is 5.92 Å². The number of benzene rings is 2. The second kappa shape index (κ2) is 10.1. The highest BCUT2D eigenvalue weighted by molar-refractivity contribution is 5.83. The van der Waals surface area contributed by atoms with Crippen molar-refractivity contribution < 1.29 is 24.2 Å². The van der Waals surface area contributed by atoms with E-state index < -0.39 is 12.1 Å². The highest BCUT2D eigenvalue weighted by atomic mass is 16.5. The maximum absolute atomic E-state index is 12.7. The molecule has 0 heterocycles. The molecule has 0 bridgehead atoms. The molecule has 0 spiro atoms. The van der Waals surface area contributed by atoms with Crippen molar-refractivity contribution in [3.05, 3.63) is 59.7 Å². The van der Waals surface area contributed by atoms with E-state index >= 15 is 0 Å². The second-order valence-electron chi connectivity index (χ2n) is 8.78. The molecule has 0 saturated heterocycles. The molecular weight excluding hydrogens is 420 g/mol. The zero-order valence-corrected chi connectivity index (χ0v) is 18.8. The van der Waals surface area contributed by atoms with E-state index in [1.165, 1.54) is 16.0 Å². The number of hydrogen-bond acceptors (Lipinski definition) is 4. The van der Waals surface area contributed by atoms with Crippen LogP contribution in [0.1, 0.15) is 49.7 Å². The summed E-state index contributed by atoms with van der Waals surface area (Å²) in [6, 6.07) is 16.2. The summed E-state index contributed by atoms with van der Waals surface area (Å²) in [4.78, 5) is 37.7. The average molecular weight is 451 g/mol. The summed E-state index contributed by atoms with van der Waals surface area (Å²) in [7, 11) is 0. The van der Waals surface area contributed by atoms with Crippen molar-refractivity contribution in [1.82, 2.24) is 10.2 Å². The third-order valence-electron chi connectivity index (χ3n) is 6.71. The Labute approximate surface area is 193 Å². The van der Waals surface area contributed by atoms with E-state index in [1.54, 1.807) is 6.92 Å². The Morgan fingerprint density at radius 3 is 2.27 bits per heavy atom. The molecule has 0 radical (unpaired) electrons. The zero-order chi connectivity index (χ0) is 23.4. The van der Waals surface area contributed by atoms with Gasteiger partial charge in [0.25, 0.3) is 0 Å². The van der Waals surface area contributed by atoms with Gasteiger partial charge in [0.05, 0.1) is 0 Å². The molecule has 1 fully saturated rings. The summed E-state index contributed by atoms with van der Waals surface area (Å²) in [5.74, 6) is -1.46. The van der Waals surface area contributed by atoms with Gasteiger partial charge in [-0.05, 0) is 48.4 Å². The third kappa shape index (κ3) is 5.02. The third-order valence-corrected chi connectivity index (χ3v) is 6.71. The number of rotatable bonds is 7. The van der Waals surface area contributed by atoms with Crippen molar-refractivity contribution in [2.75, 3.05) is 19.7 Å². The number of ether oxygens (including phenoxy) is 1. The summed E-state index contributed by atoms with van der Waals surface area (Å²) in [5.41, 5.74) is 4.68. The molecule has 1 saturated carbocycles. The molecule has 2 aromatic rings. The van der Waals surface area contributed by atoms with Crippen LogP contribution >= 0.6 is 0 Å². The number of likely N-dealkylation sites (N-methyl/N-ethyl adjacent to an activating group) is 1. The van der Waals surface area contributed by atoms with Crippen molar-refractivity contribution in [3.63, 3.8) is 0 Å². The van der Waals surface area contributed by atoms with Crippen LogP contribution in [0.3, 0.4) is 0 Å². The number of amides is 2. The standard InChI is InChI=1S/C26H30N2O5/c1-2-28(15-24(29)30)25(31)17-8-7-9-18(14-17)27-26(32)33-16-23-21-12-5-3-10-19(21)20-11-4-6-13-22(20)23/h3-6,10-13,17-18,23H,2,7-9,14-16H2,1H3,(H,27,32)(H,29,30)/t17-,18+/m1/s1. The quantitative estimate of drug-likeness (QED) is 0.664. The minimum absolute atomic E-state index is 0.00189. The molecule has 2 aliphatic rings. The Morgan fingerprint density at radius 1 is 1.03 bits per heavy atom. The van der Waals surface area contributed by atoms with Crippen LogP contribution in [0.25, 0.3) is 11.1 Å². The number of aliphatic carboxylic acids is 1. The molecule has 2 aliphatic carbocycles. The second-order valence-corrected chi connectivity index (χ2v) is 8.78. The van der Waals surface area contributed by atoms with Crippen LogP contribution in [-0.4, -0.2) is 53.7 Å². The molecule has 4 rings (SSSR count). The molecule has 2 amide bonds. The van der Waals surface area contributed by atoms with Gasteiger partial charge in [0.1, 0.15) is 13.2 Å². The summed E-state index contributed by atoms with van der Waals surface area (Å²) in [6.45, 7) is 2.08. The monoisotopic (exact) mass is 450 g/mol. The van der Waals surface area contributed by atoms with Crippen LogP contribution in [0.15, 0.2) is 48.5 Å². The fourth-order valence-electron chi connectivity index (χ4n) is 5.12. The highest BCUT2D eigenvalue weighted by Crippen LogP contribution is 2.44. The molecular formula is C26H30N2O5. The molecule has 2 aromatic carbocycles. The van der Waals surface area contributed by atoms with Gasteiger partial charge in [0.15, 0.2) is 0 Å². The summed E-state index contributed by atoms with van der Waals surface area (Å²) in [6.07, 6.45) is 2.30. The van der Waals surface area contributed by atoms with E-state index in [4.69, 9.17) is 9.84 Å². The van der Waals surface area contributed by atoms with Crippen LogP contribution in [-0.2, 0) is 14.3 Å². The molecule has 0 unspecified atom stereocenters. The maximum Gasteiger partial charge on any atom is 0.407 e. The van der Waals surface area contributed by atoms with E-state index in [2.05, 4.69) is 29.6 Å². The van der Waals surface area contributed by atoms with E-state index in [9.17, 15) is 14.4 Å². The first-order valence-corrected chi connectivity index (χ1v) is 11.6. The number of carbonyl (C=O) groups is 3. The van der Waals surface area contributed by atoms with Gasteiger partial charge in [-0.15, -0.1) is 0 Å². The van der Waals surface area contributed by atoms with E-state index in [0.717, 1.165) is 24.0 Å². The first kappa shape index (κ1) is 22.8. The minimum atomic E-state index is -1.02. The topological polar surface area (TPSA) is 95.9 Å². The summed E-state index contributed by atoms with van der Waals surface area (Å²) in [5, 5.41) is 12.0. The molecule has 0 aliphatic heterocycles. The Morgan fingerprint density at radius 2 is 1.67 bits per heavy atom. The number of carbonyl (C=O) groups excluding carboxylic acids is 2. The van der Waals surface area contributed by atoms with Gasteiger partial charge in [-0.2, -0.15) is 0 Å². The van der Waals surface area contributed by atoms with E-state index in [1.807, 2.05) is 24.3 Å². The summed E-state index contributed by atoms with van der Waals surface area (Å²) >= 11 is 0. The predicted molar refractivity (Wildman–Crippen MR) is 124 cm³/mol. The van der Waals surface area contributed by atoms with Gasteiger partial charge >= 0.3 is 12.1 Å². The highest BCUT2D eigenvalue weighted by Gasteiger charge is 2.32. The molecule has 7 heteroatoms. The fraction of sp³-hybridized carbons (Fsp3) is 0.423. The molecule has 2 N–H and O–H groups in total. The lowest BCUT2D eigenvalue weighted by Crippen LogP contribution is -2.45. The van der Waals surface area contributed by atoms with Gasteiger partial charge in [0.2, 0.25) is 5.91 Å². The average Bonchev–Trinajstić information content (AvgIpc) is 3.14. The van der Waals surface area contributed by atoms with Crippen LogP contribution in [0.2, 0.25) is 0 Å². The smallest absolute Gasteiger partial charge is 0.407 e. The number of nitrogens with one attached hydrogen (secondary N) is 1. The lowest BCUT2D eigenvalue weighted by atomic mass is 9.85. The van der Waals surface area contributed by atoms with Gasteiger partial charge in [0, 0.05) is 24.4 Å². The number of alkyl carbamates (subject to hydrolysis) is 1. The Kier molecular flexibility index (Phi) is 6.96. The van der Waals surface area contributed by atoms with Crippen LogP contribution in [0.5, 0.6) is 0 Å². The van der Waals surface area contributed by atoms with Gasteiger partial charge < -0.3 is 20.1 Å². The van der Waals surface area contributed by atoms with Crippen molar-refractivity contribution in [3.8, 4) is 11.1 Å². The predicted octanol–water partition coefficient (Wildman–Crippen LogP) is 4.02. The Bertz CT molecular complexity index is 991. The van der Waals surface area contributed by atoms with Gasteiger partial charge in [-0.25, -0.2) is 4.79 Å². The van der Waals surface area contributed by atoms with Crippen LogP contribution in [0, 0.1) is 5.92 Å². The maximum atomic E-state index is 12.7. The van der Waals surface area contributed by atoms with Crippen molar-refractivity contribution >= 4 is 18.0 Å². The van der Waals surface area contributed by atoms with Crippen molar-refractivity contribution in [2.45, 2.75) is 44.6 Å². The van der Waals surface area contributed by atoms with Crippen LogP contribution < -0.4 is 5.32 Å². The minimum Gasteiger partial charge on any atom is -0.480 e. The normalized spacial score (nSPS) is 19.3. The van der Waals surface area contributed by atoms with E-state index in [-0.39, 0.29) is 36.9 Å². The molecule has 0 aromatic heterocycles. The lowest BCUT2D eigenvalue weighted by molar-refractivity contribution is -0.146. The number of carboxylic acids is 1. The number of fused-ring (bicyclic) bond motifs is 3. The van der Waals surface area contributed by atoms with Crippen molar-refractivity contribution in [1.29, 1.82) is 0 Å². The molecule has 7 nitrogen and oxygen atoms in total. The number of hydrogen-bond donors (Lipinski definition) is 2. The Balaban J connectivity index is 1.34. The molecule has 2 atom stereocenters. The number of nitrogens with zero attached hydrogens (tertiary/aromatic N) is 1. The molecule has 174 valence electrons. The summed E-state index contributed by atoms with van der Waals surface area (Å²) < 4.78 is 5.64. The first-order chi connectivity index (χ1) is 16.0. The first-order valence-electron chi connectivity index (χ1n) is 11.6. The zero-order valence-electron chi connectivity index (χ0n) is 18.8. The van der Waals surface area contributed by atoms with Crippen LogP contribution in [0.4, 0.5) is 4.79 Å². The fourth-order valence-corrected chi connectivity index (χ4v) is 5.12. The molecule has 33 heavy (non-hydrogen) atoms. The SMILES string of the molecule is CCN(CC(=O)O)C(=O)[C@@H]1CCC[C@H](NC(=O)OCC2c3ccccc3-c3ccccc32)C1.